The molecule has 0 radical (unpaired) electrons. The van der Waals surface area contributed by atoms with Crippen LogP contribution in [0.1, 0.15) is 52.9 Å². The molecule has 2 aliphatic rings. The molecule has 2 rings (SSSR count). The van der Waals surface area contributed by atoms with E-state index < -0.39 is 0 Å². The highest BCUT2D eigenvalue weighted by atomic mass is 16.2. The highest BCUT2D eigenvalue weighted by molar-refractivity contribution is 5.81. The van der Waals surface area contributed by atoms with Gasteiger partial charge in [-0.3, -0.25) is 9.59 Å². The van der Waals surface area contributed by atoms with Gasteiger partial charge in [-0.05, 0) is 26.2 Å². The number of nitrogens with two attached hydrogens (primary N) is 1. The molecule has 5 heteroatoms. The maximum Gasteiger partial charge on any atom is 0.227 e. The lowest BCUT2D eigenvalue weighted by molar-refractivity contribution is -0.139. The molecule has 0 aromatic heterocycles. The monoisotopic (exact) mass is 309 g/mol. The summed E-state index contributed by atoms with van der Waals surface area (Å²) in [5.41, 5.74) is 5.99. The number of carbonyl (C=O) groups is 2. The minimum atomic E-state index is -0.380. The van der Waals surface area contributed by atoms with Crippen molar-refractivity contribution in [3.8, 4) is 0 Å². The summed E-state index contributed by atoms with van der Waals surface area (Å²) in [5, 5.41) is 0. The maximum atomic E-state index is 12.9. The van der Waals surface area contributed by atoms with E-state index in [9.17, 15) is 9.59 Å². The fraction of sp³-hybridized carbons (Fsp3) is 0.882. The van der Waals surface area contributed by atoms with E-state index in [0.29, 0.717) is 13.1 Å². The third-order valence-corrected chi connectivity index (χ3v) is 5.17. The van der Waals surface area contributed by atoms with Gasteiger partial charge in [0.25, 0.3) is 0 Å². The van der Waals surface area contributed by atoms with E-state index in [-0.39, 0.29) is 29.2 Å². The maximum absolute atomic E-state index is 12.9. The topological polar surface area (TPSA) is 66.6 Å². The molecule has 22 heavy (non-hydrogen) atoms. The Balaban J connectivity index is 1.98. The smallest absolute Gasteiger partial charge is 0.227 e. The van der Waals surface area contributed by atoms with Crippen LogP contribution in [-0.4, -0.2) is 53.3 Å². The molecule has 1 saturated carbocycles. The summed E-state index contributed by atoms with van der Waals surface area (Å²) >= 11 is 0. The number of carbonyl (C=O) groups excluding carboxylic acids is 2. The summed E-state index contributed by atoms with van der Waals surface area (Å²) in [7, 11) is 0. The van der Waals surface area contributed by atoms with E-state index in [0.717, 1.165) is 45.2 Å². The SMILES string of the molecule is CC(C)C(=O)N1CCCN(C(=O)C2CCCCC2(C)N)CC1. The quantitative estimate of drug-likeness (QED) is 0.843. The molecule has 2 amide bonds. The summed E-state index contributed by atoms with van der Waals surface area (Å²) in [4.78, 5) is 28.9. The van der Waals surface area contributed by atoms with Gasteiger partial charge in [0.05, 0.1) is 5.92 Å². The van der Waals surface area contributed by atoms with Crippen molar-refractivity contribution in [2.24, 2.45) is 17.6 Å². The van der Waals surface area contributed by atoms with Crippen LogP contribution in [0.5, 0.6) is 0 Å². The van der Waals surface area contributed by atoms with Gasteiger partial charge in [0.2, 0.25) is 11.8 Å². The molecular formula is C17H31N3O2. The van der Waals surface area contributed by atoms with Gasteiger partial charge in [-0.15, -0.1) is 0 Å². The van der Waals surface area contributed by atoms with Crippen molar-refractivity contribution >= 4 is 11.8 Å². The lowest BCUT2D eigenvalue weighted by atomic mass is 9.74. The first-order chi connectivity index (χ1) is 10.3. The molecular weight excluding hydrogens is 278 g/mol. The van der Waals surface area contributed by atoms with Crippen molar-refractivity contribution in [3.05, 3.63) is 0 Å². The molecule has 5 nitrogen and oxygen atoms in total. The molecule has 0 aromatic rings. The third-order valence-electron chi connectivity index (χ3n) is 5.17. The van der Waals surface area contributed by atoms with Crippen LogP contribution in [0.15, 0.2) is 0 Å². The predicted molar refractivity (Wildman–Crippen MR) is 87.2 cm³/mol. The average molecular weight is 309 g/mol. The fourth-order valence-corrected chi connectivity index (χ4v) is 3.71. The minimum absolute atomic E-state index is 0.0212. The highest BCUT2D eigenvalue weighted by Crippen LogP contribution is 2.33. The number of amides is 2. The van der Waals surface area contributed by atoms with Crippen LogP contribution in [-0.2, 0) is 9.59 Å². The second-order valence-electron chi connectivity index (χ2n) is 7.46. The molecule has 1 heterocycles. The van der Waals surface area contributed by atoms with Gasteiger partial charge >= 0.3 is 0 Å². The number of rotatable bonds is 2. The van der Waals surface area contributed by atoms with Crippen LogP contribution in [0, 0.1) is 11.8 Å². The molecule has 0 bridgehead atoms. The highest BCUT2D eigenvalue weighted by Gasteiger charge is 2.40. The largest absolute Gasteiger partial charge is 0.341 e. The predicted octanol–water partition coefficient (Wildman–Crippen LogP) is 1.61. The molecule has 2 unspecified atom stereocenters. The molecule has 1 saturated heterocycles. The number of nitrogens with zero attached hydrogens (tertiary/aromatic N) is 2. The Morgan fingerprint density at radius 2 is 1.68 bits per heavy atom. The van der Waals surface area contributed by atoms with Gasteiger partial charge in [0.1, 0.15) is 0 Å². The Hall–Kier alpha value is -1.10. The first kappa shape index (κ1) is 17.3. The molecule has 2 fully saturated rings. The summed E-state index contributed by atoms with van der Waals surface area (Å²) < 4.78 is 0. The number of hydrogen-bond donors (Lipinski definition) is 1. The second kappa shape index (κ2) is 6.99. The zero-order valence-electron chi connectivity index (χ0n) is 14.3. The van der Waals surface area contributed by atoms with Crippen LogP contribution < -0.4 is 5.73 Å². The van der Waals surface area contributed by atoms with Crippen molar-refractivity contribution in [1.29, 1.82) is 0 Å². The van der Waals surface area contributed by atoms with Crippen molar-refractivity contribution in [1.82, 2.24) is 9.80 Å². The first-order valence-corrected chi connectivity index (χ1v) is 8.69. The Labute approximate surface area is 134 Å². The van der Waals surface area contributed by atoms with Crippen molar-refractivity contribution in [2.45, 2.75) is 58.4 Å². The molecule has 1 aliphatic heterocycles. The van der Waals surface area contributed by atoms with Crippen LogP contribution in [0.4, 0.5) is 0 Å². The van der Waals surface area contributed by atoms with Crippen molar-refractivity contribution in [2.75, 3.05) is 26.2 Å². The van der Waals surface area contributed by atoms with Crippen LogP contribution in [0.25, 0.3) is 0 Å². The van der Waals surface area contributed by atoms with Crippen molar-refractivity contribution in [3.63, 3.8) is 0 Å². The van der Waals surface area contributed by atoms with Gasteiger partial charge in [0.15, 0.2) is 0 Å². The van der Waals surface area contributed by atoms with E-state index >= 15 is 0 Å². The number of hydrogen-bond acceptors (Lipinski definition) is 3. The standard InChI is InChI=1S/C17H31N3O2/c1-13(2)15(21)19-9-6-10-20(12-11-19)16(22)14-7-4-5-8-17(14,3)18/h13-14H,4-12,18H2,1-3H3. The van der Waals surface area contributed by atoms with Crippen molar-refractivity contribution < 1.29 is 9.59 Å². The van der Waals surface area contributed by atoms with E-state index in [1.165, 1.54) is 0 Å². The lowest BCUT2D eigenvalue weighted by Crippen LogP contribution is -2.54. The zero-order valence-corrected chi connectivity index (χ0v) is 14.3. The fourth-order valence-electron chi connectivity index (χ4n) is 3.71. The Morgan fingerprint density at radius 3 is 2.32 bits per heavy atom. The molecule has 0 spiro atoms. The first-order valence-electron chi connectivity index (χ1n) is 8.69. The van der Waals surface area contributed by atoms with Gasteiger partial charge in [-0.25, -0.2) is 0 Å². The summed E-state index contributed by atoms with van der Waals surface area (Å²) in [6.07, 6.45) is 4.90. The molecule has 1 aliphatic carbocycles. The van der Waals surface area contributed by atoms with E-state index in [2.05, 4.69) is 0 Å². The van der Waals surface area contributed by atoms with Crippen LogP contribution in [0.2, 0.25) is 0 Å². The molecule has 0 aromatic carbocycles. The van der Waals surface area contributed by atoms with Crippen LogP contribution >= 0.6 is 0 Å². The van der Waals surface area contributed by atoms with Gasteiger partial charge in [-0.2, -0.15) is 0 Å². The van der Waals surface area contributed by atoms with E-state index in [4.69, 9.17) is 5.73 Å². The Bertz CT molecular complexity index is 420. The summed E-state index contributed by atoms with van der Waals surface area (Å²) in [6.45, 7) is 8.66. The minimum Gasteiger partial charge on any atom is -0.341 e. The van der Waals surface area contributed by atoms with Gasteiger partial charge in [0, 0.05) is 37.6 Å². The van der Waals surface area contributed by atoms with E-state index in [1.54, 1.807) is 0 Å². The summed E-state index contributed by atoms with van der Waals surface area (Å²) in [5.74, 6) is 0.348. The van der Waals surface area contributed by atoms with E-state index in [1.807, 2.05) is 30.6 Å². The Kier molecular flexibility index (Phi) is 5.48. The van der Waals surface area contributed by atoms with Crippen LogP contribution in [0.3, 0.4) is 0 Å². The zero-order chi connectivity index (χ0) is 16.3. The normalized spacial score (nSPS) is 30.3. The van der Waals surface area contributed by atoms with Gasteiger partial charge < -0.3 is 15.5 Å². The van der Waals surface area contributed by atoms with Gasteiger partial charge in [-0.1, -0.05) is 26.7 Å². The third kappa shape index (κ3) is 3.80. The summed E-state index contributed by atoms with van der Waals surface area (Å²) in [6, 6.07) is 0. The average Bonchev–Trinajstić information content (AvgIpc) is 2.71. The molecule has 2 N–H and O–H groups in total. The Morgan fingerprint density at radius 1 is 1.05 bits per heavy atom. The second-order valence-corrected chi connectivity index (χ2v) is 7.46. The molecule has 2 atom stereocenters. The lowest BCUT2D eigenvalue weighted by Gasteiger charge is -2.39. The molecule has 126 valence electrons.